The Bertz CT molecular complexity index is 1780. The lowest BCUT2D eigenvalue weighted by molar-refractivity contribution is -0.140. The Morgan fingerprint density at radius 1 is 0.766 bits per heavy atom. The summed E-state index contributed by atoms with van der Waals surface area (Å²) in [5.41, 5.74) is 5.82. The number of nitrogens with one attached hydrogen (secondary N) is 1. The normalized spacial score (nSPS) is 14.0. The van der Waals surface area contributed by atoms with Gasteiger partial charge in [-0.3, -0.25) is 13.9 Å². The average molecular weight is 652 g/mol. The molecule has 0 radical (unpaired) electrons. The topological polar surface area (TPSA) is 86.8 Å². The molecule has 0 aliphatic heterocycles. The molecule has 1 aliphatic rings. The largest absolute Gasteiger partial charge is 0.352 e. The van der Waals surface area contributed by atoms with E-state index in [4.69, 9.17) is 0 Å². The first-order chi connectivity index (χ1) is 22.5. The number of hydrogen-bond donors (Lipinski definition) is 1. The highest BCUT2D eigenvalue weighted by molar-refractivity contribution is 7.92. The van der Waals surface area contributed by atoms with Gasteiger partial charge in [0.1, 0.15) is 12.6 Å². The fraction of sp³-hybridized carbons (Fsp3) is 0.333. The number of anilines is 1. The van der Waals surface area contributed by atoms with Gasteiger partial charge in [0.15, 0.2) is 0 Å². The Hall–Kier alpha value is -4.43. The minimum atomic E-state index is -4.16. The molecule has 4 aromatic rings. The average Bonchev–Trinajstić information content (AvgIpc) is 3.57. The van der Waals surface area contributed by atoms with Crippen LogP contribution < -0.4 is 9.62 Å². The van der Waals surface area contributed by atoms with Crippen molar-refractivity contribution in [3.63, 3.8) is 0 Å². The number of amides is 2. The van der Waals surface area contributed by atoms with Gasteiger partial charge >= 0.3 is 0 Å². The van der Waals surface area contributed by atoms with Gasteiger partial charge in [0.2, 0.25) is 11.8 Å². The molecule has 246 valence electrons. The van der Waals surface area contributed by atoms with Gasteiger partial charge < -0.3 is 10.2 Å². The Morgan fingerprint density at radius 2 is 1.36 bits per heavy atom. The van der Waals surface area contributed by atoms with Crippen LogP contribution in [0.4, 0.5) is 5.69 Å². The summed E-state index contributed by atoms with van der Waals surface area (Å²) < 4.78 is 29.9. The Kier molecular flexibility index (Phi) is 10.8. The van der Waals surface area contributed by atoms with Gasteiger partial charge in [-0.1, -0.05) is 103 Å². The monoisotopic (exact) mass is 651 g/mol. The second-order valence-electron chi connectivity index (χ2n) is 12.8. The molecule has 8 heteroatoms. The van der Waals surface area contributed by atoms with Gasteiger partial charge in [-0.05, 0) is 81.0 Å². The number of sulfonamides is 1. The standard InChI is InChI=1S/C39H45N3O4S/c1-28-15-20-33(21-16-28)26-41(37(25-32-10-6-5-7-11-32)39(44)40-34-12-8-9-13-34)38(43)27-42(36-24-30(3)14-19-31(36)4)47(45,46)35-22-17-29(2)18-23-35/h5-7,10-11,14-24,34,37H,8-9,12-13,25-27H2,1-4H3,(H,40,44)/t37-/m0/s1. The van der Waals surface area contributed by atoms with Crippen molar-refractivity contribution in [1.29, 1.82) is 0 Å². The van der Waals surface area contributed by atoms with Crippen LogP contribution in [0.5, 0.6) is 0 Å². The quantitative estimate of drug-likeness (QED) is 0.182. The number of rotatable bonds is 12. The van der Waals surface area contributed by atoms with Crippen LogP contribution in [0, 0.1) is 27.7 Å². The highest BCUT2D eigenvalue weighted by atomic mass is 32.2. The van der Waals surface area contributed by atoms with Gasteiger partial charge in [0.05, 0.1) is 10.6 Å². The number of carbonyl (C=O) groups excluding carboxylic acids is 2. The van der Waals surface area contributed by atoms with Crippen molar-refractivity contribution in [1.82, 2.24) is 10.2 Å². The fourth-order valence-corrected chi connectivity index (χ4v) is 7.62. The van der Waals surface area contributed by atoms with Crippen molar-refractivity contribution >= 4 is 27.5 Å². The molecule has 0 saturated heterocycles. The van der Waals surface area contributed by atoms with E-state index in [1.54, 1.807) is 35.2 Å². The molecule has 2 amide bonds. The molecule has 5 rings (SSSR count). The molecule has 1 atom stereocenters. The first-order valence-electron chi connectivity index (χ1n) is 16.4. The number of aryl methyl sites for hydroxylation is 4. The molecule has 0 unspecified atom stereocenters. The van der Waals surface area contributed by atoms with Crippen molar-refractivity contribution in [3.05, 3.63) is 130 Å². The molecule has 47 heavy (non-hydrogen) atoms. The van der Waals surface area contributed by atoms with E-state index >= 15 is 0 Å². The van der Waals surface area contributed by atoms with Crippen LogP contribution in [-0.4, -0.2) is 43.8 Å². The highest BCUT2D eigenvalue weighted by Crippen LogP contribution is 2.29. The summed E-state index contributed by atoms with van der Waals surface area (Å²) in [7, 11) is -4.16. The molecular weight excluding hydrogens is 607 g/mol. The summed E-state index contributed by atoms with van der Waals surface area (Å²) in [6.45, 7) is 7.32. The molecule has 0 bridgehead atoms. The van der Waals surface area contributed by atoms with Gasteiger partial charge in [-0.2, -0.15) is 0 Å². The van der Waals surface area contributed by atoms with Gasteiger partial charge in [-0.25, -0.2) is 8.42 Å². The smallest absolute Gasteiger partial charge is 0.264 e. The first-order valence-corrected chi connectivity index (χ1v) is 17.8. The summed E-state index contributed by atoms with van der Waals surface area (Å²) in [4.78, 5) is 30.6. The molecule has 0 spiro atoms. The lowest BCUT2D eigenvalue weighted by Gasteiger charge is -2.34. The molecule has 1 fully saturated rings. The van der Waals surface area contributed by atoms with E-state index in [-0.39, 0.29) is 23.4 Å². The zero-order chi connectivity index (χ0) is 33.6. The summed E-state index contributed by atoms with van der Waals surface area (Å²) in [5.74, 6) is -0.675. The predicted molar refractivity (Wildman–Crippen MR) is 188 cm³/mol. The summed E-state index contributed by atoms with van der Waals surface area (Å²) in [6.07, 6.45) is 4.23. The van der Waals surface area contributed by atoms with Crippen molar-refractivity contribution in [3.8, 4) is 0 Å². The van der Waals surface area contributed by atoms with E-state index in [2.05, 4.69) is 5.32 Å². The third kappa shape index (κ3) is 8.49. The van der Waals surface area contributed by atoms with E-state index in [1.807, 2.05) is 94.4 Å². The minimum Gasteiger partial charge on any atom is -0.352 e. The maximum atomic E-state index is 14.7. The van der Waals surface area contributed by atoms with Crippen LogP contribution in [-0.2, 0) is 32.6 Å². The predicted octanol–water partition coefficient (Wildman–Crippen LogP) is 6.81. The van der Waals surface area contributed by atoms with Crippen molar-refractivity contribution in [2.24, 2.45) is 0 Å². The molecule has 1 N–H and O–H groups in total. The summed E-state index contributed by atoms with van der Waals surface area (Å²) in [5, 5.41) is 3.23. The van der Waals surface area contributed by atoms with Gasteiger partial charge in [0, 0.05) is 19.0 Å². The zero-order valence-corrected chi connectivity index (χ0v) is 28.6. The summed E-state index contributed by atoms with van der Waals surface area (Å²) >= 11 is 0. The molecule has 7 nitrogen and oxygen atoms in total. The number of nitrogens with zero attached hydrogens (tertiary/aromatic N) is 2. The molecule has 0 heterocycles. The van der Waals surface area contributed by atoms with Gasteiger partial charge in [0.25, 0.3) is 10.0 Å². The second-order valence-corrected chi connectivity index (χ2v) is 14.7. The molecular formula is C39H45N3O4S. The highest BCUT2D eigenvalue weighted by Gasteiger charge is 2.36. The van der Waals surface area contributed by atoms with Gasteiger partial charge in [-0.15, -0.1) is 0 Å². The van der Waals surface area contributed by atoms with E-state index in [0.29, 0.717) is 12.1 Å². The maximum absolute atomic E-state index is 14.7. The van der Waals surface area contributed by atoms with E-state index in [1.165, 1.54) is 4.31 Å². The Labute approximate surface area is 279 Å². The van der Waals surface area contributed by atoms with Crippen molar-refractivity contribution in [2.75, 3.05) is 10.8 Å². The summed E-state index contributed by atoms with van der Waals surface area (Å²) in [6, 6.07) is 29.0. The first kappa shape index (κ1) is 33.9. The molecule has 1 aliphatic carbocycles. The zero-order valence-electron chi connectivity index (χ0n) is 27.8. The number of hydrogen-bond acceptors (Lipinski definition) is 4. The van der Waals surface area contributed by atoms with Crippen LogP contribution >= 0.6 is 0 Å². The minimum absolute atomic E-state index is 0.0606. The molecule has 1 saturated carbocycles. The van der Waals surface area contributed by atoms with Crippen molar-refractivity contribution < 1.29 is 18.0 Å². The maximum Gasteiger partial charge on any atom is 0.264 e. The Morgan fingerprint density at radius 3 is 2.00 bits per heavy atom. The van der Waals surface area contributed by atoms with Crippen LogP contribution in [0.15, 0.2) is 102 Å². The van der Waals surface area contributed by atoms with E-state index in [9.17, 15) is 18.0 Å². The fourth-order valence-electron chi connectivity index (χ4n) is 6.15. The van der Waals surface area contributed by atoms with Crippen molar-refractivity contribution in [2.45, 2.75) is 83.3 Å². The number of benzene rings is 4. The van der Waals surface area contributed by atoms with E-state index < -0.39 is 28.5 Å². The molecule has 4 aromatic carbocycles. The lowest BCUT2D eigenvalue weighted by atomic mass is 10.0. The Balaban J connectivity index is 1.58. The second kappa shape index (κ2) is 15.0. The van der Waals surface area contributed by atoms with E-state index in [0.717, 1.165) is 59.1 Å². The van der Waals surface area contributed by atoms with Crippen LogP contribution in [0.1, 0.15) is 59.1 Å². The van der Waals surface area contributed by atoms with Crippen LogP contribution in [0.25, 0.3) is 0 Å². The lowest BCUT2D eigenvalue weighted by Crippen LogP contribution is -2.54. The molecule has 0 aromatic heterocycles. The third-order valence-electron chi connectivity index (χ3n) is 8.97. The van der Waals surface area contributed by atoms with Crippen LogP contribution in [0.2, 0.25) is 0 Å². The SMILES string of the molecule is Cc1ccc(CN(C(=O)CN(c2cc(C)ccc2C)S(=O)(=O)c2ccc(C)cc2)[C@@H](Cc2ccccc2)C(=O)NC2CCCC2)cc1. The third-order valence-corrected chi connectivity index (χ3v) is 10.7. The number of carbonyl (C=O) groups is 2. The van der Waals surface area contributed by atoms with Crippen LogP contribution in [0.3, 0.4) is 0 Å².